The van der Waals surface area contributed by atoms with Crippen LogP contribution in [0.2, 0.25) is 0 Å². The number of amides is 2. The fourth-order valence-electron chi connectivity index (χ4n) is 2.73. The topological polar surface area (TPSA) is 88.1 Å². The van der Waals surface area contributed by atoms with E-state index < -0.39 is 11.8 Å². The number of phenolic OH excluding ortho intramolecular Hbond substituents is 1. The molecule has 2 aromatic rings. The highest BCUT2D eigenvalue weighted by atomic mass is 127. The van der Waals surface area contributed by atoms with Crippen LogP contribution in [0.1, 0.15) is 12.5 Å². The van der Waals surface area contributed by atoms with Crippen LogP contribution in [-0.2, 0) is 9.59 Å². The van der Waals surface area contributed by atoms with E-state index in [0.29, 0.717) is 27.2 Å². The maximum atomic E-state index is 13.1. The van der Waals surface area contributed by atoms with Crippen LogP contribution in [0.15, 0.2) is 42.0 Å². The summed E-state index contributed by atoms with van der Waals surface area (Å²) in [5.41, 5.74) is 0.956. The summed E-state index contributed by atoms with van der Waals surface area (Å²) in [6, 6.07) is 9.96. The molecule has 1 saturated heterocycles. The summed E-state index contributed by atoms with van der Waals surface area (Å²) in [7, 11) is 1.54. The third kappa shape index (κ3) is 4.35. The maximum absolute atomic E-state index is 13.1. The van der Waals surface area contributed by atoms with Gasteiger partial charge in [-0.25, -0.2) is 0 Å². The van der Waals surface area contributed by atoms with Gasteiger partial charge in [-0.15, -0.1) is 0 Å². The molecular formula is C20H17IN2O5S. The lowest BCUT2D eigenvalue weighted by molar-refractivity contribution is -0.122. The first kappa shape index (κ1) is 21.1. The first-order valence-electron chi connectivity index (χ1n) is 8.56. The van der Waals surface area contributed by atoms with Crippen LogP contribution in [0.4, 0.5) is 5.69 Å². The van der Waals surface area contributed by atoms with E-state index in [1.807, 2.05) is 22.6 Å². The van der Waals surface area contributed by atoms with Gasteiger partial charge < -0.3 is 14.6 Å². The molecule has 0 bridgehead atoms. The molecule has 3 rings (SSSR count). The van der Waals surface area contributed by atoms with Crippen molar-refractivity contribution < 1.29 is 24.2 Å². The second-order valence-corrected chi connectivity index (χ2v) is 7.49. The summed E-state index contributed by atoms with van der Waals surface area (Å²) in [6.07, 6.45) is 1.44. The van der Waals surface area contributed by atoms with Crippen LogP contribution in [-0.4, -0.2) is 35.8 Å². The standard InChI is InChI=1S/C20H17IN2O5S/c1-3-28-16-10-11(9-15(21)17(16)24)8-14-18(25)22-20(29)23(19(14)26)12-4-6-13(27-2)7-5-12/h4-10,24H,3H2,1-2H3,(H,22,25,29)/b14-8-. The van der Waals surface area contributed by atoms with E-state index in [-0.39, 0.29) is 22.2 Å². The molecule has 2 N–H and O–H groups in total. The van der Waals surface area contributed by atoms with Crippen molar-refractivity contribution in [1.29, 1.82) is 0 Å². The number of halogens is 1. The van der Waals surface area contributed by atoms with Gasteiger partial charge in [-0.3, -0.25) is 19.8 Å². The number of rotatable bonds is 5. The Hall–Kier alpha value is -2.66. The molecule has 9 heteroatoms. The summed E-state index contributed by atoms with van der Waals surface area (Å²) in [5.74, 6) is -0.227. The average molecular weight is 524 g/mol. The molecule has 0 saturated carbocycles. The molecule has 0 aromatic heterocycles. The van der Waals surface area contributed by atoms with Gasteiger partial charge in [-0.2, -0.15) is 0 Å². The molecule has 150 valence electrons. The van der Waals surface area contributed by atoms with Gasteiger partial charge in [0.15, 0.2) is 16.6 Å². The third-order valence-corrected chi connectivity index (χ3v) is 5.20. The molecule has 1 aliphatic rings. The van der Waals surface area contributed by atoms with Gasteiger partial charge in [0.1, 0.15) is 11.3 Å². The van der Waals surface area contributed by atoms with Crippen molar-refractivity contribution in [3.8, 4) is 17.2 Å². The highest BCUT2D eigenvalue weighted by Gasteiger charge is 2.34. The SMILES string of the molecule is CCOc1cc(/C=C2/C(=O)NC(=S)N(c3ccc(OC)cc3)C2=O)cc(I)c1O. The number of aromatic hydroxyl groups is 1. The van der Waals surface area contributed by atoms with Crippen molar-refractivity contribution in [2.24, 2.45) is 0 Å². The quantitative estimate of drug-likeness (QED) is 0.271. The number of nitrogens with zero attached hydrogens (tertiary/aromatic N) is 1. The number of ether oxygens (including phenoxy) is 2. The van der Waals surface area contributed by atoms with E-state index in [1.165, 1.54) is 11.0 Å². The number of benzene rings is 2. The Bertz CT molecular complexity index is 1020. The lowest BCUT2D eigenvalue weighted by Crippen LogP contribution is -2.54. The monoisotopic (exact) mass is 524 g/mol. The normalized spacial score (nSPS) is 15.5. The molecule has 0 atom stereocenters. The van der Waals surface area contributed by atoms with Gasteiger partial charge in [0.2, 0.25) is 0 Å². The van der Waals surface area contributed by atoms with Gasteiger partial charge >= 0.3 is 0 Å². The lowest BCUT2D eigenvalue weighted by atomic mass is 10.1. The first-order chi connectivity index (χ1) is 13.8. The number of methoxy groups -OCH3 is 1. The summed E-state index contributed by atoms with van der Waals surface area (Å²) < 4.78 is 11.1. The van der Waals surface area contributed by atoms with E-state index in [9.17, 15) is 14.7 Å². The number of hydrogen-bond acceptors (Lipinski definition) is 6. The van der Waals surface area contributed by atoms with E-state index in [4.69, 9.17) is 21.7 Å². The smallest absolute Gasteiger partial charge is 0.270 e. The highest BCUT2D eigenvalue weighted by Crippen LogP contribution is 2.34. The van der Waals surface area contributed by atoms with Gasteiger partial charge in [-0.05, 0) is 89.8 Å². The number of carbonyl (C=O) groups excluding carboxylic acids is 2. The lowest BCUT2D eigenvalue weighted by Gasteiger charge is -2.29. The minimum Gasteiger partial charge on any atom is -0.504 e. The fraction of sp³-hybridized carbons (Fsp3) is 0.150. The second kappa shape index (κ2) is 8.78. The molecule has 0 spiro atoms. The Kier molecular flexibility index (Phi) is 6.38. The molecule has 1 aliphatic heterocycles. The molecule has 2 amide bonds. The molecule has 1 fully saturated rings. The number of carbonyl (C=O) groups is 2. The van der Waals surface area contributed by atoms with Crippen molar-refractivity contribution in [2.75, 3.05) is 18.6 Å². The number of thiocarbonyl (C=S) groups is 1. The molecule has 1 heterocycles. The van der Waals surface area contributed by atoms with Gasteiger partial charge in [0.05, 0.1) is 23.0 Å². The predicted octanol–water partition coefficient (Wildman–Crippen LogP) is 3.24. The van der Waals surface area contributed by atoms with E-state index >= 15 is 0 Å². The fourth-order valence-corrected chi connectivity index (χ4v) is 3.64. The molecule has 0 aliphatic carbocycles. The number of anilines is 1. The maximum Gasteiger partial charge on any atom is 0.270 e. The van der Waals surface area contributed by atoms with Crippen molar-refractivity contribution in [2.45, 2.75) is 6.92 Å². The zero-order chi connectivity index (χ0) is 21.1. The molecule has 0 unspecified atom stereocenters. The Morgan fingerprint density at radius 1 is 1.24 bits per heavy atom. The number of nitrogens with one attached hydrogen (secondary N) is 1. The third-order valence-electron chi connectivity index (χ3n) is 4.09. The number of phenols is 1. The van der Waals surface area contributed by atoms with E-state index in [1.54, 1.807) is 50.4 Å². The Labute approximate surface area is 186 Å². The van der Waals surface area contributed by atoms with Crippen LogP contribution in [0.5, 0.6) is 17.2 Å². The zero-order valence-electron chi connectivity index (χ0n) is 15.6. The molecule has 0 radical (unpaired) electrons. The highest BCUT2D eigenvalue weighted by molar-refractivity contribution is 14.1. The molecular weight excluding hydrogens is 507 g/mol. The van der Waals surface area contributed by atoms with Crippen molar-refractivity contribution in [3.05, 3.63) is 51.1 Å². The Morgan fingerprint density at radius 3 is 2.55 bits per heavy atom. The number of hydrogen-bond donors (Lipinski definition) is 2. The molecule has 29 heavy (non-hydrogen) atoms. The van der Waals surface area contributed by atoms with E-state index in [0.717, 1.165) is 0 Å². The Morgan fingerprint density at radius 2 is 1.93 bits per heavy atom. The van der Waals surface area contributed by atoms with Crippen LogP contribution in [0.25, 0.3) is 6.08 Å². The summed E-state index contributed by atoms with van der Waals surface area (Å²) >= 11 is 7.15. The van der Waals surface area contributed by atoms with Crippen molar-refractivity contribution in [1.82, 2.24) is 5.32 Å². The van der Waals surface area contributed by atoms with Crippen LogP contribution in [0, 0.1) is 3.57 Å². The zero-order valence-corrected chi connectivity index (χ0v) is 18.5. The first-order valence-corrected chi connectivity index (χ1v) is 10.0. The molecule has 2 aromatic carbocycles. The molecule has 7 nitrogen and oxygen atoms in total. The minimum atomic E-state index is -0.592. The Balaban J connectivity index is 2.01. The van der Waals surface area contributed by atoms with Crippen molar-refractivity contribution in [3.63, 3.8) is 0 Å². The average Bonchev–Trinajstić information content (AvgIpc) is 2.69. The van der Waals surface area contributed by atoms with Gasteiger partial charge in [0.25, 0.3) is 11.8 Å². The summed E-state index contributed by atoms with van der Waals surface area (Å²) in [6.45, 7) is 2.16. The van der Waals surface area contributed by atoms with Crippen molar-refractivity contribution >= 4 is 63.5 Å². The van der Waals surface area contributed by atoms with Crippen LogP contribution in [0.3, 0.4) is 0 Å². The van der Waals surface area contributed by atoms with Gasteiger partial charge in [-0.1, -0.05) is 0 Å². The predicted molar refractivity (Wildman–Crippen MR) is 121 cm³/mol. The second-order valence-electron chi connectivity index (χ2n) is 5.94. The summed E-state index contributed by atoms with van der Waals surface area (Å²) in [4.78, 5) is 26.8. The largest absolute Gasteiger partial charge is 0.504 e. The van der Waals surface area contributed by atoms with Crippen LogP contribution >= 0.6 is 34.8 Å². The minimum absolute atomic E-state index is 0.00221. The van der Waals surface area contributed by atoms with Crippen LogP contribution < -0.4 is 19.7 Å². The van der Waals surface area contributed by atoms with Gasteiger partial charge in [0, 0.05) is 0 Å². The van der Waals surface area contributed by atoms with E-state index in [2.05, 4.69) is 5.32 Å². The summed E-state index contributed by atoms with van der Waals surface area (Å²) in [5, 5.41) is 12.6.